The molecule has 3 N–H and O–H groups in total. The summed E-state index contributed by atoms with van der Waals surface area (Å²) in [7, 11) is -3.71. The molecule has 188 valence electrons. The standard InChI is InChI=1S/C24H27FN2O7S/c1-13(2)22-18(9-8-16(28)10-17(29)11-20(30)31)21(14-4-6-15(25)7-5-14)19-12-26-24(35(3,32)33)34-23(19)27-22/h4-9,13,16-17,28-29H,10-12H2,1-3H3,(H,30,31)/b9-8+/t16-,17-/m1/s1. The predicted octanol–water partition coefficient (Wildman–Crippen LogP) is 2.90. The molecule has 0 aliphatic carbocycles. The number of halogens is 1. The SMILES string of the molecule is CC(C)c1nc2c(c(-c3ccc(F)cc3)c1/C=C/[C@@H](O)C[C@@H](O)CC(=O)O)CN=C(S(C)(=O)=O)O2. The molecule has 2 aromatic rings. The summed E-state index contributed by atoms with van der Waals surface area (Å²) in [5, 5.41) is 28.6. The molecule has 3 rings (SSSR count). The molecule has 9 nitrogen and oxygen atoms in total. The summed E-state index contributed by atoms with van der Waals surface area (Å²) in [5.74, 6) is -1.69. The Morgan fingerprint density at radius 1 is 1.23 bits per heavy atom. The largest absolute Gasteiger partial charge is 0.481 e. The zero-order valence-corrected chi connectivity index (χ0v) is 20.3. The first-order chi connectivity index (χ1) is 16.4. The first-order valence-electron chi connectivity index (χ1n) is 10.9. The number of ether oxygens (including phenoxy) is 1. The maximum absolute atomic E-state index is 13.7. The van der Waals surface area contributed by atoms with Crippen LogP contribution >= 0.6 is 0 Å². The summed E-state index contributed by atoms with van der Waals surface area (Å²) in [6, 6.07) is 5.71. The second kappa shape index (κ2) is 10.6. The molecule has 1 aliphatic rings. The number of fused-ring (bicyclic) bond motifs is 1. The number of hydrogen-bond donors (Lipinski definition) is 3. The normalized spacial score (nSPS) is 15.5. The molecule has 35 heavy (non-hydrogen) atoms. The van der Waals surface area contributed by atoms with Crippen molar-refractivity contribution < 1.29 is 37.7 Å². The van der Waals surface area contributed by atoms with Crippen molar-refractivity contribution in [3.8, 4) is 17.0 Å². The van der Waals surface area contributed by atoms with Crippen LogP contribution in [0.4, 0.5) is 4.39 Å². The number of aliphatic carboxylic acids is 1. The third kappa shape index (κ3) is 6.50. The molecule has 2 heterocycles. The van der Waals surface area contributed by atoms with E-state index in [2.05, 4.69) is 9.98 Å². The van der Waals surface area contributed by atoms with Crippen LogP contribution < -0.4 is 4.74 Å². The fourth-order valence-electron chi connectivity index (χ4n) is 3.72. The van der Waals surface area contributed by atoms with Gasteiger partial charge in [-0.3, -0.25) is 4.79 Å². The minimum Gasteiger partial charge on any atom is -0.481 e. The van der Waals surface area contributed by atoms with Gasteiger partial charge in [-0.25, -0.2) is 22.8 Å². The van der Waals surface area contributed by atoms with Crippen LogP contribution in [0.2, 0.25) is 0 Å². The van der Waals surface area contributed by atoms with Gasteiger partial charge in [0.1, 0.15) is 5.82 Å². The number of benzene rings is 1. The molecular formula is C24H27FN2O7S. The van der Waals surface area contributed by atoms with Gasteiger partial charge in [-0.15, -0.1) is 0 Å². The van der Waals surface area contributed by atoms with Crippen LogP contribution in [-0.4, -0.2) is 58.4 Å². The monoisotopic (exact) mass is 506 g/mol. The molecule has 1 aromatic heterocycles. The lowest BCUT2D eigenvalue weighted by Crippen LogP contribution is -2.25. The van der Waals surface area contributed by atoms with Crippen LogP contribution in [0.25, 0.3) is 17.2 Å². The number of sulfone groups is 1. The molecule has 0 spiro atoms. The number of aliphatic hydroxyl groups excluding tert-OH is 2. The first-order valence-corrected chi connectivity index (χ1v) is 12.8. The number of carboxylic acid groups (broad SMARTS) is 1. The zero-order chi connectivity index (χ0) is 25.9. The molecule has 1 aliphatic heterocycles. The fourth-order valence-corrected chi connectivity index (χ4v) is 4.25. The Hall–Kier alpha value is -3.15. The average molecular weight is 507 g/mol. The fraction of sp³-hybridized carbons (Fsp3) is 0.375. The Balaban J connectivity index is 2.14. The molecule has 0 bridgehead atoms. The molecule has 2 atom stereocenters. The van der Waals surface area contributed by atoms with E-state index in [1.807, 2.05) is 13.8 Å². The lowest BCUT2D eigenvalue weighted by atomic mass is 9.90. The molecule has 0 saturated heterocycles. The number of aliphatic imine (C=N–C) groups is 1. The van der Waals surface area contributed by atoms with Gasteiger partial charge in [-0.1, -0.05) is 38.1 Å². The van der Waals surface area contributed by atoms with Crippen molar-refractivity contribution in [3.05, 3.63) is 53.0 Å². The molecule has 0 saturated carbocycles. The third-order valence-electron chi connectivity index (χ3n) is 5.28. The summed E-state index contributed by atoms with van der Waals surface area (Å²) in [5.41, 5.74) is 2.80. The number of pyridine rings is 1. The molecule has 0 unspecified atom stereocenters. The average Bonchev–Trinajstić information content (AvgIpc) is 2.75. The molecule has 0 amide bonds. The molecule has 0 radical (unpaired) electrons. The van der Waals surface area contributed by atoms with Crippen molar-refractivity contribution in [2.75, 3.05) is 6.26 Å². The number of hydrogen-bond acceptors (Lipinski definition) is 8. The number of aliphatic hydroxyl groups is 2. The minimum absolute atomic E-state index is 0.0451. The summed E-state index contributed by atoms with van der Waals surface area (Å²) >= 11 is 0. The van der Waals surface area contributed by atoms with Crippen LogP contribution in [0.5, 0.6) is 5.88 Å². The highest BCUT2D eigenvalue weighted by Gasteiger charge is 2.29. The van der Waals surface area contributed by atoms with E-state index >= 15 is 0 Å². The smallest absolute Gasteiger partial charge is 0.312 e. The van der Waals surface area contributed by atoms with E-state index in [-0.39, 0.29) is 24.8 Å². The maximum Gasteiger partial charge on any atom is 0.312 e. The summed E-state index contributed by atoms with van der Waals surface area (Å²) in [4.78, 5) is 19.4. The summed E-state index contributed by atoms with van der Waals surface area (Å²) in [6.45, 7) is 3.71. The van der Waals surface area contributed by atoms with E-state index in [1.165, 1.54) is 18.2 Å². The van der Waals surface area contributed by atoms with Gasteiger partial charge in [0.25, 0.3) is 0 Å². The second-order valence-corrected chi connectivity index (χ2v) is 10.5. The number of rotatable bonds is 8. The lowest BCUT2D eigenvalue weighted by Gasteiger charge is -2.23. The van der Waals surface area contributed by atoms with Crippen molar-refractivity contribution in [2.24, 2.45) is 4.99 Å². The summed E-state index contributed by atoms with van der Waals surface area (Å²) in [6.07, 6.45) is 0.951. The lowest BCUT2D eigenvalue weighted by molar-refractivity contribution is -0.139. The van der Waals surface area contributed by atoms with E-state index in [0.717, 1.165) is 6.26 Å². The van der Waals surface area contributed by atoms with E-state index in [4.69, 9.17) is 9.84 Å². The molecule has 0 fully saturated rings. The summed E-state index contributed by atoms with van der Waals surface area (Å²) < 4.78 is 43.2. The number of carbonyl (C=O) groups is 1. The third-order valence-corrected chi connectivity index (χ3v) is 6.13. The van der Waals surface area contributed by atoms with Crippen molar-refractivity contribution >= 4 is 27.1 Å². The van der Waals surface area contributed by atoms with Gasteiger partial charge in [0, 0.05) is 29.4 Å². The van der Waals surface area contributed by atoms with Gasteiger partial charge in [0.15, 0.2) is 0 Å². The van der Waals surface area contributed by atoms with Crippen LogP contribution in [-0.2, 0) is 21.2 Å². The second-order valence-electron chi connectivity index (χ2n) is 8.60. The zero-order valence-electron chi connectivity index (χ0n) is 19.5. The van der Waals surface area contributed by atoms with Gasteiger partial charge in [-0.05, 0) is 23.6 Å². The van der Waals surface area contributed by atoms with E-state index < -0.39 is 45.5 Å². The Morgan fingerprint density at radius 2 is 1.89 bits per heavy atom. The van der Waals surface area contributed by atoms with Crippen molar-refractivity contribution in [2.45, 2.75) is 51.4 Å². The molecule has 11 heteroatoms. The number of aromatic nitrogens is 1. The van der Waals surface area contributed by atoms with Gasteiger partial charge >= 0.3 is 11.2 Å². The Kier molecular flexibility index (Phi) is 8.04. The van der Waals surface area contributed by atoms with Crippen LogP contribution in [0.3, 0.4) is 0 Å². The van der Waals surface area contributed by atoms with Gasteiger partial charge < -0.3 is 20.1 Å². The number of nitrogens with zero attached hydrogens (tertiary/aromatic N) is 2. The highest BCUT2D eigenvalue weighted by atomic mass is 32.2. The topological polar surface area (TPSA) is 146 Å². The minimum atomic E-state index is -3.71. The highest BCUT2D eigenvalue weighted by molar-refractivity contribution is 8.05. The van der Waals surface area contributed by atoms with Gasteiger partial charge in [-0.2, -0.15) is 0 Å². The quantitative estimate of drug-likeness (QED) is 0.495. The number of carboxylic acids is 1. The highest BCUT2D eigenvalue weighted by Crippen LogP contribution is 2.40. The first kappa shape index (κ1) is 26.5. The van der Waals surface area contributed by atoms with Crippen molar-refractivity contribution in [1.82, 2.24) is 4.98 Å². The van der Waals surface area contributed by atoms with Crippen molar-refractivity contribution in [3.63, 3.8) is 0 Å². The van der Waals surface area contributed by atoms with Gasteiger partial charge in [0.2, 0.25) is 15.7 Å². The van der Waals surface area contributed by atoms with Crippen molar-refractivity contribution in [1.29, 1.82) is 0 Å². The molecular weight excluding hydrogens is 479 g/mol. The van der Waals surface area contributed by atoms with E-state index in [0.29, 0.717) is 27.9 Å². The van der Waals surface area contributed by atoms with Gasteiger partial charge in [0.05, 0.1) is 30.9 Å². The molecule has 1 aromatic carbocycles. The predicted molar refractivity (Wildman–Crippen MR) is 128 cm³/mol. The maximum atomic E-state index is 13.7. The Bertz CT molecular complexity index is 1270. The van der Waals surface area contributed by atoms with Crippen LogP contribution in [0.1, 0.15) is 49.4 Å². The Morgan fingerprint density at radius 3 is 2.46 bits per heavy atom. The van der Waals surface area contributed by atoms with Crippen LogP contribution in [0, 0.1) is 5.82 Å². The van der Waals surface area contributed by atoms with E-state index in [1.54, 1.807) is 18.2 Å². The van der Waals surface area contributed by atoms with Crippen LogP contribution in [0.15, 0.2) is 35.3 Å². The Labute approximate surface area is 202 Å². The van der Waals surface area contributed by atoms with E-state index in [9.17, 15) is 27.8 Å².